The van der Waals surface area contributed by atoms with E-state index >= 15 is 0 Å². The molecule has 0 heterocycles. The molecule has 18 heavy (non-hydrogen) atoms. The van der Waals surface area contributed by atoms with Crippen LogP contribution in [0, 0.1) is 0 Å². The molecule has 0 radical (unpaired) electrons. The van der Waals surface area contributed by atoms with Crippen LogP contribution in [0.2, 0.25) is 0 Å². The van der Waals surface area contributed by atoms with Crippen molar-refractivity contribution in [3.8, 4) is 11.5 Å². The molecule has 1 aromatic carbocycles. The molecule has 0 aromatic heterocycles. The third kappa shape index (κ3) is 2.92. The average Bonchev–Trinajstić information content (AvgIpc) is 2.33. The zero-order valence-electron chi connectivity index (χ0n) is 10.9. The van der Waals surface area contributed by atoms with Crippen molar-refractivity contribution in [2.75, 3.05) is 13.7 Å². The fraction of sp³-hybridized carbons (Fsp3) is 0.462. The number of rotatable bonds is 5. The van der Waals surface area contributed by atoms with E-state index in [-0.39, 0.29) is 11.5 Å². The average molecular weight is 253 g/mol. The van der Waals surface area contributed by atoms with Crippen LogP contribution in [0.1, 0.15) is 25.8 Å². The van der Waals surface area contributed by atoms with Gasteiger partial charge in [0, 0.05) is 6.07 Å². The van der Waals surface area contributed by atoms with Gasteiger partial charge in [-0.2, -0.15) is 0 Å². The van der Waals surface area contributed by atoms with E-state index in [1.807, 2.05) is 6.92 Å². The Bertz CT molecular complexity index is 413. The van der Waals surface area contributed by atoms with Gasteiger partial charge in [0.25, 0.3) is 0 Å². The lowest BCUT2D eigenvalue weighted by Crippen LogP contribution is -2.47. The molecule has 0 aliphatic rings. The standard InChI is InChI=1S/C13H19NO4/c1-4-5-14-13(2,12(17)18-3)9-6-10(15)8-11(16)7-9/h6-8,14-16H,4-5H2,1-3H3. The molecule has 1 rings (SSSR count). The van der Waals surface area contributed by atoms with E-state index in [0.29, 0.717) is 12.1 Å². The normalized spacial score (nSPS) is 13.9. The minimum atomic E-state index is -1.10. The third-order valence-electron chi connectivity index (χ3n) is 2.80. The minimum Gasteiger partial charge on any atom is -0.508 e. The molecule has 0 spiro atoms. The second kappa shape index (κ2) is 5.73. The Morgan fingerprint density at radius 1 is 1.33 bits per heavy atom. The van der Waals surface area contributed by atoms with E-state index < -0.39 is 11.5 Å². The van der Waals surface area contributed by atoms with Crippen LogP contribution in [-0.4, -0.2) is 29.8 Å². The maximum atomic E-state index is 11.9. The highest BCUT2D eigenvalue weighted by molar-refractivity contribution is 5.82. The summed E-state index contributed by atoms with van der Waals surface area (Å²) in [7, 11) is 1.30. The van der Waals surface area contributed by atoms with Crippen LogP contribution in [0.5, 0.6) is 11.5 Å². The summed E-state index contributed by atoms with van der Waals surface area (Å²) >= 11 is 0. The number of phenols is 2. The van der Waals surface area contributed by atoms with Gasteiger partial charge in [-0.05, 0) is 37.6 Å². The molecule has 0 bridgehead atoms. The van der Waals surface area contributed by atoms with Crippen LogP contribution in [0.15, 0.2) is 18.2 Å². The summed E-state index contributed by atoms with van der Waals surface area (Å²) in [5.41, 5.74) is -0.638. The number of aromatic hydroxyl groups is 2. The highest BCUT2D eigenvalue weighted by atomic mass is 16.5. The van der Waals surface area contributed by atoms with Crippen LogP contribution < -0.4 is 5.32 Å². The molecule has 1 aromatic rings. The first kappa shape index (κ1) is 14.3. The number of hydrogen-bond acceptors (Lipinski definition) is 5. The Hall–Kier alpha value is -1.75. The van der Waals surface area contributed by atoms with Gasteiger partial charge >= 0.3 is 5.97 Å². The molecule has 0 fully saturated rings. The van der Waals surface area contributed by atoms with Crippen molar-refractivity contribution in [1.29, 1.82) is 0 Å². The molecule has 5 nitrogen and oxygen atoms in total. The molecule has 0 saturated carbocycles. The maximum absolute atomic E-state index is 11.9. The van der Waals surface area contributed by atoms with Crippen molar-refractivity contribution in [2.24, 2.45) is 0 Å². The molecule has 3 N–H and O–H groups in total. The van der Waals surface area contributed by atoms with Gasteiger partial charge in [0.2, 0.25) is 0 Å². The number of hydrogen-bond donors (Lipinski definition) is 3. The lowest BCUT2D eigenvalue weighted by atomic mass is 9.91. The molecular weight excluding hydrogens is 234 g/mol. The van der Waals surface area contributed by atoms with Gasteiger partial charge in [-0.1, -0.05) is 6.92 Å². The lowest BCUT2D eigenvalue weighted by Gasteiger charge is -2.28. The molecule has 1 unspecified atom stereocenters. The Morgan fingerprint density at radius 3 is 2.33 bits per heavy atom. The quantitative estimate of drug-likeness (QED) is 0.693. The number of carbonyl (C=O) groups is 1. The zero-order chi connectivity index (χ0) is 13.8. The topological polar surface area (TPSA) is 78.8 Å². The van der Waals surface area contributed by atoms with Gasteiger partial charge in [0.15, 0.2) is 0 Å². The molecule has 0 aliphatic heterocycles. The van der Waals surface area contributed by atoms with Crippen molar-refractivity contribution < 1.29 is 19.7 Å². The lowest BCUT2D eigenvalue weighted by molar-refractivity contribution is -0.148. The Labute approximate surface area is 106 Å². The fourth-order valence-corrected chi connectivity index (χ4v) is 1.76. The summed E-state index contributed by atoms with van der Waals surface area (Å²) in [6.45, 7) is 4.25. The molecule has 0 aliphatic carbocycles. The van der Waals surface area contributed by atoms with Crippen molar-refractivity contribution in [1.82, 2.24) is 5.32 Å². The molecular formula is C13H19NO4. The molecule has 1 atom stereocenters. The summed E-state index contributed by atoms with van der Waals surface area (Å²) in [4.78, 5) is 11.9. The van der Waals surface area contributed by atoms with Gasteiger partial charge in [0.1, 0.15) is 17.0 Å². The SMILES string of the molecule is CCCNC(C)(C(=O)OC)c1cc(O)cc(O)c1. The van der Waals surface area contributed by atoms with Gasteiger partial charge < -0.3 is 14.9 Å². The Balaban J connectivity index is 3.20. The molecule has 0 saturated heterocycles. The second-order valence-corrected chi connectivity index (χ2v) is 4.28. The summed E-state index contributed by atoms with van der Waals surface area (Å²) in [5.74, 6) is -0.669. The summed E-state index contributed by atoms with van der Waals surface area (Å²) < 4.78 is 4.78. The van der Waals surface area contributed by atoms with Crippen LogP contribution in [0.4, 0.5) is 0 Å². The van der Waals surface area contributed by atoms with Crippen LogP contribution in [0.3, 0.4) is 0 Å². The first-order valence-electron chi connectivity index (χ1n) is 5.81. The molecule has 5 heteroatoms. The highest BCUT2D eigenvalue weighted by Gasteiger charge is 2.36. The van der Waals surface area contributed by atoms with Crippen molar-refractivity contribution in [3.05, 3.63) is 23.8 Å². The molecule has 0 amide bonds. The molecule has 100 valence electrons. The zero-order valence-corrected chi connectivity index (χ0v) is 10.9. The van der Waals surface area contributed by atoms with Gasteiger partial charge in [0.05, 0.1) is 7.11 Å². The van der Waals surface area contributed by atoms with Crippen LogP contribution in [0.25, 0.3) is 0 Å². The van der Waals surface area contributed by atoms with Crippen molar-refractivity contribution >= 4 is 5.97 Å². The van der Waals surface area contributed by atoms with E-state index in [1.54, 1.807) is 6.92 Å². The number of methoxy groups -OCH3 is 1. The van der Waals surface area contributed by atoms with E-state index in [0.717, 1.165) is 6.42 Å². The smallest absolute Gasteiger partial charge is 0.330 e. The predicted octanol–water partition coefficient (Wildman–Crippen LogP) is 1.49. The predicted molar refractivity (Wildman–Crippen MR) is 67.4 cm³/mol. The Morgan fingerprint density at radius 2 is 1.89 bits per heavy atom. The summed E-state index contributed by atoms with van der Waals surface area (Å²) in [6.07, 6.45) is 0.845. The largest absolute Gasteiger partial charge is 0.508 e. The first-order valence-corrected chi connectivity index (χ1v) is 5.81. The van der Waals surface area contributed by atoms with Gasteiger partial charge in [-0.3, -0.25) is 5.32 Å². The van der Waals surface area contributed by atoms with Crippen molar-refractivity contribution in [3.63, 3.8) is 0 Å². The fourth-order valence-electron chi connectivity index (χ4n) is 1.76. The minimum absolute atomic E-state index is 0.0987. The van der Waals surface area contributed by atoms with E-state index in [9.17, 15) is 15.0 Å². The van der Waals surface area contributed by atoms with E-state index in [2.05, 4.69) is 5.32 Å². The number of nitrogens with one attached hydrogen (secondary N) is 1. The number of benzene rings is 1. The number of ether oxygens (including phenoxy) is 1. The monoisotopic (exact) mass is 253 g/mol. The second-order valence-electron chi connectivity index (χ2n) is 4.28. The van der Waals surface area contributed by atoms with E-state index in [4.69, 9.17) is 4.74 Å². The summed E-state index contributed by atoms with van der Waals surface area (Å²) in [5, 5.41) is 22.1. The van der Waals surface area contributed by atoms with Crippen molar-refractivity contribution in [2.45, 2.75) is 25.8 Å². The van der Waals surface area contributed by atoms with Crippen LogP contribution >= 0.6 is 0 Å². The van der Waals surface area contributed by atoms with E-state index in [1.165, 1.54) is 25.3 Å². The van der Waals surface area contributed by atoms with Crippen LogP contribution in [-0.2, 0) is 15.1 Å². The highest BCUT2D eigenvalue weighted by Crippen LogP contribution is 2.29. The van der Waals surface area contributed by atoms with Gasteiger partial charge in [-0.15, -0.1) is 0 Å². The van der Waals surface area contributed by atoms with Gasteiger partial charge in [-0.25, -0.2) is 4.79 Å². The number of phenolic OH excluding ortho intramolecular Hbond substituents is 2. The maximum Gasteiger partial charge on any atom is 0.330 e. The number of esters is 1. The Kier molecular flexibility index (Phi) is 4.55. The number of carbonyl (C=O) groups excluding carboxylic acids is 1. The third-order valence-corrected chi connectivity index (χ3v) is 2.80. The summed E-state index contributed by atoms with van der Waals surface area (Å²) in [6, 6.07) is 4.07. The first-order chi connectivity index (χ1) is 8.43.